The lowest BCUT2D eigenvalue weighted by molar-refractivity contribution is 0.669. The average molecular weight is 611 g/mol. The van der Waals surface area contributed by atoms with Gasteiger partial charge in [-0.3, -0.25) is 9.97 Å². The van der Waals surface area contributed by atoms with Crippen LogP contribution in [0.1, 0.15) is 22.3 Å². The number of aromatic nitrogens is 2. The fraction of sp³-hybridized carbons (Fsp3) is 0.0222. The molecule has 222 valence electrons. The second-order valence-corrected chi connectivity index (χ2v) is 12.8. The van der Waals surface area contributed by atoms with E-state index in [0.717, 1.165) is 44.5 Å². The van der Waals surface area contributed by atoms with Gasteiger partial charge in [0, 0.05) is 34.3 Å². The van der Waals surface area contributed by atoms with Crippen molar-refractivity contribution < 1.29 is 4.42 Å². The van der Waals surface area contributed by atoms with E-state index < -0.39 is 5.41 Å². The summed E-state index contributed by atoms with van der Waals surface area (Å²) in [5.74, 6) is 0. The van der Waals surface area contributed by atoms with Crippen LogP contribution in [0.15, 0.2) is 162 Å². The topological polar surface area (TPSA) is 38.9 Å². The molecule has 0 amide bonds. The minimum Gasteiger partial charge on any atom is -0.455 e. The summed E-state index contributed by atoms with van der Waals surface area (Å²) in [4.78, 5) is 9.77. The minimum atomic E-state index is -0.568. The first-order chi connectivity index (χ1) is 23.8. The second-order valence-electron chi connectivity index (χ2n) is 12.8. The number of rotatable bonds is 2. The first-order valence-electron chi connectivity index (χ1n) is 16.4. The van der Waals surface area contributed by atoms with Gasteiger partial charge in [0.25, 0.3) is 0 Å². The molecule has 3 heteroatoms. The van der Waals surface area contributed by atoms with Gasteiger partial charge in [0.15, 0.2) is 0 Å². The average Bonchev–Trinajstić information content (AvgIpc) is 3.79. The van der Waals surface area contributed by atoms with Gasteiger partial charge in [0.2, 0.25) is 0 Å². The van der Waals surface area contributed by atoms with Gasteiger partial charge in [-0.2, -0.15) is 0 Å². The van der Waals surface area contributed by atoms with Crippen LogP contribution in [-0.2, 0) is 5.41 Å². The SMILES string of the molecule is c1ccc(-c2cc3c(c4ccccc24)-c2c(cc(-c4ccccn4)c4oc5ccccc5c24)C32c3ccccc3-c3ccccc32)nc1. The number of nitrogens with zero attached hydrogens (tertiary/aromatic N) is 2. The summed E-state index contributed by atoms with van der Waals surface area (Å²) in [6.07, 6.45) is 3.76. The normalized spacial score (nSPS) is 13.6. The highest BCUT2D eigenvalue weighted by Gasteiger charge is 2.53. The summed E-state index contributed by atoms with van der Waals surface area (Å²) in [6, 6.07) is 52.4. The van der Waals surface area contributed by atoms with Crippen LogP contribution in [0.3, 0.4) is 0 Å². The molecule has 9 aromatic rings. The van der Waals surface area contributed by atoms with Crippen molar-refractivity contribution in [3.05, 3.63) is 180 Å². The van der Waals surface area contributed by atoms with Gasteiger partial charge in [-0.25, -0.2) is 0 Å². The standard InChI is InChI=1S/C45H26N2O/c1-2-16-30-27(13-1)32(38-20-9-11-23-46-38)25-36-41(30)43-37(45(36)34-18-6-3-14-28(34)29-15-4-7-19-35(29)45)26-33(39-21-10-12-24-47-39)44-42(43)31-17-5-8-22-40(31)48-44/h1-26H. The van der Waals surface area contributed by atoms with Crippen LogP contribution in [0.2, 0.25) is 0 Å². The molecule has 0 fully saturated rings. The van der Waals surface area contributed by atoms with Crippen LogP contribution >= 0.6 is 0 Å². The molecule has 1 spiro atoms. The summed E-state index contributed by atoms with van der Waals surface area (Å²) in [7, 11) is 0. The number of hydrogen-bond donors (Lipinski definition) is 0. The molecule has 0 saturated carbocycles. The molecular formula is C45H26N2O. The monoisotopic (exact) mass is 610 g/mol. The van der Waals surface area contributed by atoms with Gasteiger partial charge >= 0.3 is 0 Å². The van der Waals surface area contributed by atoms with E-state index in [1.807, 2.05) is 24.5 Å². The van der Waals surface area contributed by atoms with E-state index in [-0.39, 0.29) is 0 Å². The quantitative estimate of drug-likeness (QED) is 0.195. The second kappa shape index (κ2) is 9.37. The Bertz CT molecular complexity index is 2730. The van der Waals surface area contributed by atoms with E-state index in [1.54, 1.807) is 0 Å². The Morgan fingerprint density at radius 1 is 0.417 bits per heavy atom. The molecule has 2 aliphatic rings. The molecule has 48 heavy (non-hydrogen) atoms. The van der Waals surface area contributed by atoms with E-state index in [4.69, 9.17) is 14.4 Å². The smallest absolute Gasteiger partial charge is 0.145 e. The van der Waals surface area contributed by atoms with Crippen molar-refractivity contribution in [2.45, 2.75) is 5.41 Å². The van der Waals surface area contributed by atoms with Gasteiger partial charge < -0.3 is 4.42 Å². The number of furan rings is 1. The Kier molecular flexibility index (Phi) is 5.04. The maximum Gasteiger partial charge on any atom is 0.145 e. The molecule has 3 heterocycles. The fourth-order valence-corrected chi connectivity index (χ4v) is 8.80. The van der Waals surface area contributed by atoms with Gasteiger partial charge in [-0.1, -0.05) is 103 Å². The third kappa shape index (κ3) is 3.13. The third-order valence-electron chi connectivity index (χ3n) is 10.6. The molecular weight excluding hydrogens is 585 g/mol. The zero-order valence-electron chi connectivity index (χ0n) is 25.8. The molecule has 11 rings (SSSR count). The number of hydrogen-bond acceptors (Lipinski definition) is 3. The molecule has 0 atom stereocenters. The Balaban J connectivity index is 1.43. The van der Waals surface area contributed by atoms with E-state index in [0.29, 0.717) is 0 Å². The van der Waals surface area contributed by atoms with Crippen LogP contribution in [0, 0.1) is 0 Å². The van der Waals surface area contributed by atoms with Crippen molar-refractivity contribution in [2.24, 2.45) is 0 Å². The molecule has 0 saturated heterocycles. The van der Waals surface area contributed by atoms with Crippen molar-refractivity contribution >= 4 is 32.7 Å². The fourth-order valence-electron chi connectivity index (χ4n) is 8.80. The van der Waals surface area contributed by atoms with Gasteiger partial charge in [-0.15, -0.1) is 0 Å². The summed E-state index contributed by atoms with van der Waals surface area (Å²) < 4.78 is 6.82. The predicted octanol–water partition coefficient (Wildman–Crippen LogP) is 11.2. The van der Waals surface area contributed by atoms with E-state index in [1.165, 1.54) is 55.3 Å². The zero-order valence-corrected chi connectivity index (χ0v) is 25.8. The predicted molar refractivity (Wildman–Crippen MR) is 194 cm³/mol. The van der Waals surface area contributed by atoms with Gasteiger partial charge in [-0.05, 0) is 97.7 Å². The molecule has 3 nitrogen and oxygen atoms in total. The van der Waals surface area contributed by atoms with Crippen LogP contribution in [0.4, 0.5) is 0 Å². The van der Waals surface area contributed by atoms with Crippen molar-refractivity contribution in [3.8, 4) is 44.8 Å². The first kappa shape index (κ1) is 25.8. The highest BCUT2D eigenvalue weighted by molar-refractivity contribution is 6.23. The largest absolute Gasteiger partial charge is 0.455 e. The maximum atomic E-state index is 6.82. The summed E-state index contributed by atoms with van der Waals surface area (Å²) in [5, 5.41) is 4.65. The van der Waals surface area contributed by atoms with Crippen molar-refractivity contribution in [2.75, 3.05) is 0 Å². The maximum absolute atomic E-state index is 6.82. The van der Waals surface area contributed by atoms with Crippen LogP contribution < -0.4 is 0 Å². The molecule has 2 aliphatic carbocycles. The molecule has 6 aromatic carbocycles. The van der Waals surface area contributed by atoms with Crippen molar-refractivity contribution in [1.29, 1.82) is 0 Å². The Hall–Kier alpha value is -6.32. The van der Waals surface area contributed by atoms with Crippen LogP contribution in [0.25, 0.3) is 77.5 Å². The number of benzene rings is 6. The third-order valence-corrected chi connectivity index (χ3v) is 10.6. The molecule has 0 radical (unpaired) electrons. The zero-order chi connectivity index (χ0) is 31.4. The lowest BCUT2D eigenvalue weighted by Gasteiger charge is -2.31. The number of fused-ring (bicyclic) bond motifs is 16. The minimum absolute atomic E-state index is 0.568. The Morgan fingerprint density at radius 3 is 1.65 bits per heavy atom. The summed E-state index contributed by atoms with van der Waals surface area (Å²) in [6.45, 7) is 0. The molecule has 0 aliphatic heterocycles. The lowest BCUT2D eigenvalue weighted by Crippen LogP contribution is -2.26. The number of para-hydroxylation sites is 1. The van der Waals surface area contributed by atoms with Crippen molar-refractivity contribution in [3.63, 3.8) is 0 Å². The molecule has 0 unspecified atom stereocenters. The van der Waals surface area contributed by atoms with Crippen LogP contribution in [0.5, 0.6) is 0 Å². The highest BCUT2D eigenvalue weighted by Crippen LogP contribution is 2.66. The summed E-state index contributed by atoms with van der Waals surface area (Å²) >= 11 is 0. The first-order valence-corrected chi connectivity index (χ1v) is 16.4. The van der Waals surface area contributed by atoms with Gasteiger partial charge in [0.1, 0.15) is 11.2 Å². The molecule has 0 N–H and O–H groups in total. The highest BCUT2D eigenvalue weighted by atomic mass is 16.3. The van der Waals surface area contributed by atoms with Crippen LogP contribution in [-0.4, -0.2) is 9.97 Å². The lowest BCUT2D eigenvalue weighted by atomic mass is 9.69. The number of pyridine rings is 2. The molecule has 0 bridgehead atoms. The van der Waals surface area contributed by atoms with E-state index >= 15 is 0 Å². The van der Waals surface area contributed by atoms with E-state index in [9.17, 15) is 0 Å². The Labute approximate surface area is 276 Å². The van der Waals surface area contributed by atoms with E-state index in [2.05, 4.69) is 133 Å². The van der Waals surface area contributed by atoms with Crippen molar-refractivity contribution in [1.82, 2.24) is 9.97 Å². The molecule has 3 aromatic heterocycles. The Morgan fingerprint density at radius 2 is 0.958 bits per heavy atom. The summed E-state index contributed by atoms with van der Waals surface area (Å²) in [5.41, 5.74) is 15.4. The van der Waals surface area contributed by atoms with Gasteiger partial charge in [0.05, 0.1) is 16.8 Å².